The number of carbonyl (C=O) groups is 1. The second kappa shape index (κ2) is 9.19. The number of hydrogen-bond donors (Lipinski definition) is 1. The molecule has 1 amide bonds. The number of benzene rings is 2. The molecule has 0 radical (unpaired) electrons. The Hall–Kier alpha value is -3.04. The molecule has 0 fully saturated rings. The Morgan fingerprint density at radius 1 is 1.10 bits per heavy atom. The first-order valence-electron chi connectivity index (χ1n) is 9.40. The van der Waals surface area contributed by atoms with Crippen LogP contribution in [0.25, 0.3) is 16.9 Å². The van der Waals surface area contributed by atoms with Crippen molar-refractivity contribution in [2.24, 2.45) is 0 Å². The molecule has 4 rings (SSSR count). The van der Waals surface area contributed by atoms with Gasteiger partial charge in [0.2, 0.25) is 5.91 Å². The third-order valence-electron chi connectivity index (χ3n) is 4.51. The number of amides is 1. The molecule has 0 unspecified atom stereocenters. The Morgan fingerprint density at radius 3 is 2.53 bits per heavy atom. The summed E-state index contributed by atoms with van der Waals surface area (Å²) in [5.74, 6) is 0.609. The summed E-state index contributed by atoms with van der Waals surface area (Å²) in [5, 5.41) is 17.7. The molecule has 0 aliphatic rings. The lowest BCUT2D eigenvalue weighted by atomic mass is 10.0. The number of hydrogen-bond acceptors (Lipinski definition) is 7. The fourth-order valence-corrected chi connectivity index (χ4v) is 4.06. The van der Waals surface area contributed by atoms with E-state index in [-0.39, 0.29) is 11.7 Å². The van der Waals surface area contributed by atoms with Gasteiger partial charge in [-0.25, -0.2) is 0 Å². The van der Waals surface area contributed by atoms with Gasteiger partial charge in [0.15, 0.2) is 5.16 Å². The molecule has 0 aliphatic heterocycles. The van der Waals surface area contributed by atoms with Crippen LogP contribution in [0.15, 0.2) is 65.4 Å². The molecule has 7 nitrogen and oxygen atoms in total. The third-order valence-corrected chi connectivity index (χ3v) is 5.96. The Labute approximate surface area is 182 Å². The van der Waals surface area contributed by atoms with Crippen molar-refractivity contribution in [3.8, 4) is 16.9 Å². The van der Waals surface area contributed by atoms with Crippen LogP contribution in [0, 0.1) is 0 Å². The second-order valence-corrected chi connectivity index (χ2v) is 8.49. The van der Waals surface area contributed by atoms with Crippen molar-refractivity contribution in [2.75, 3.05) is 11.1 Å². The third kappa shape index (κ3) is 4.74. The van der Waals surface area contributed by atoms with Gasteiger partial charge in [-0.15, -0.1) is 15.3 Å². The number of nitrogens with one attached hydrogen (secondary N) is 1. The van der Waals surface area contributed by atoms with E-state index in [1.54, 1.807) is 6.33 Å². The number of aromatic nitrogens is 5. The zero-order valence-corrected chi connectivity index (χ0v) is 18.2. The van der Waals surface area contributed by atoms with E-state index in [0.29, 0.717) is 11.1 Å². The zero-order chi connectivity index (χ0) is 20.9. The first-order valence-corrected chi connectivity index (χ1v) is 11.2. The highest BCUT2D eigenvalue weighted by atomic mass is 32.2. The minimum atomic E-state index is -0.104. The first kappa shape index (κ1) is 20.2. The fourth-order valence-electron chi connectivity index (χ4n) is 2.86. The highest BCUT2D eigenvalue weighted by molar-refractivity contribution is 7.99. The standard InChI is InChI=1S/C21H20N6OS2/c1-14(2)15-5-9-18(10-6-15)27-13-22-25-21(27)29-12-20(28)23-17-7-3-16(4-8-17)19-11-30-26-24-19/h3-11,13-14H,12H2,1-2H3,(H,23,28). The predicted octanol–water partition coefficient (Wildman–Crippen LogP) is 4.64. The molecule has 0 saturated carbocycles. The number of carbonyl (C=O) groups excluding carboxylic acids is 1. The van der Waals surface area contributed by atoms with Crippen molar-refractivity contribution in [1.82, 2.24) is 24.4 Å². The fraction of sp³-hybridized carbons (Fsp3) is 0.190. The van der Waals surface area contributed by atoms with Crippen LogP contribution in [0.2, 0.25) is 0 Å². The van der Waals surface area contributed by atoms with Crippen LogP contribution in [-0.2, 0) is 4.79 Å². The SMILES string of the molecule is CC(C)c1ccc(-n2cnnc2SCC(=O)Nc2ccc(-c3csnn3)cc2)cc1. The summed E-state index contributed by atoms with van der Waals surface area (Å²) >= 11 is 2.66. The van der Waals surface area contributed by atoms with E-state index in [4.69, 9.17) is 0 Å². The number of nitrogens with zero attached hydrogens (tertiary/aromatic N) is 5. The van der Waals surface area contributed by atoms with Crippen molar-refractivity contribution >= 4 is 34.9 Å². The summed E-state index contributed by atoms with van der Waals surface area (Å²) in [7, 11) is 0. The molecule has 0 bridgehead atoms. The van der Waals surface area contributed by atoms with Gasteiger partial charge < -0.3 is 5.32 Å². The molecule has 30 heavy (non-hydrogen) atoms. The maximum absolute atomic E-state index is 12.4. The molecule has 4 aromatic rings. The van der Waals surface area contributed by atoms with Crippen LogP contribution in [0.3, 0.4) is 0 Å². The maximum Gasteiger partial charge on any atom is 0.234 e. The Morgan fingerprint density at radius 2 is 1.87 bits per heavy atom. The summed E-state index contributed by atoms with van der Waals surface area (Å²) < 4.78 is 5.75. The molecule has 152 valence electrons. The Kier molecular flexibility index (Phi) is 6.20. The topological polar surface area (TPSA) is 85.6 Å². The van der Waals surface area contributed by atoms with E-state index < -0.39 is 0 Å². The van der Waals surface area contributed by atoms with Gasteiger partial charge in [0.1, 0.15) is 12.0 Å². The lowest BCUT2D eigenvalue weighted by molar-refractivity contribution is -0.113. The van der Waals surface area contributed by atoms with Crippen molar-refractivity contribution in [1.29, 1.82) is 0 Å². The summed E-state index contributed by atoms with van der Waals surface area (Å²) in [6, 6.07) is 15.8. The highest BCUT2D eigenvalue weighted by Crippen LogP contribution is 2.23. The van der Waals surface area contributed by atoms with Gasteiger partial charge in [0, 0.05) is 22.3 Å². The van der Waals surface area contributed by atoms with Gasteiger partial charge in [-0.05, 0) is 47.3 Å². The van der Waals surface area contributed by atoms with Gasteiger partial charge in [-0.3, -0.25) is 9.36 Å². The van der Waals surface area contributed by atoms with Crippen molar-refractivity contribution < 1.29 is 4.79 Å². The second-order valence-electron chi connectivity index (χ2n) is 6.93. The smallest absolute Gasteiger partial charge is 0.234 e. The van der Waals surface area contributed by atoms with Crippen LogP contribution in [-0.4, -0.2) is 36.0 Å². The van der Waals surface area contributed by atoms with Crippen LogP contribution in [0.5, 0.6) is 0 Å². The van der Waals surface area contributed by atoms with E-state index in [1.165, 1.54) is 28.9 Å². The van der Waals surface area contributed by atoms with Crippen LogP contribution < -0.4 is 5.32 Å². The molecule has 2 aromatic carbocycles. The van der Waals surface area contributed by atoms with E-state index in [9.17, 15) is 4.79 Å². The minimum absolute atomic E-state index is 0.104. The number of rotatable bonds is 7. The molecule has 1 N–H and O–H groups in total. The largest absolute Gasteiger partial charge is 0.325 e. The van der Waals surface area contributed by atoms with E-state index in [0.717, 1.165) is 22.6 Å². The Balaban J connectivity index is 1.36. The molecule has 0 spiro atoms. The summed E-state index contributed by atoms with van der Waals surface area (Å²) in [4.78, 5) is 12.4. The van der Waals surface area contributed by atoms with Gasteiger partial charge >= 0.3 is 0 Å². The molecule has 0 aliphatic carbocycles. The van der Waals surface area contributed by atoms with Crippen molar-refractivity contribution in [3.05, 3.63) is 65.8 Å². The molecule has 9 heteroatoms. The molecule has 0 saturated heterocycles. The van der Waals surface area contributed by atoms with Gasteiger partial charge in [-0.2, -0.15) is 0 Å². The van der Waals surface area contributed by atoms with E-state index in [2.05, 4.69) is 51.1 Å². The average molecular weight is 437 g/mol. The van der Waals surface area contributed by atoms with Crippen LogP contribution in [0.1, 0.15) is 25.3 Å². The summed E-state index contributed by atoms with van der Waals surface area (Å²) in [6.07, 6.45) is 1.66. The number of anilines is 1. The quantitative estimate of drug-likeness (QED) is 0.425. The predicted molar refractivity (Wildman–Crippen MR) is 120 cm³/mol. The number of thioether (sulfide) groups is 1. The van der Waals surface area contributed by atoms with Gasteiger partial charge in [0.05, 0.1) is 5.75 Å². The Bertz CT molecular complexity index is 1110. The molecule has 2 heterocycles. The first-order chi connectivity index (χ1) is 14.6. The minimum Gasteiger partial charge on any atom is -0.325 e. The normalized spacial score (nSPS) is 11.0. The van der Waals surface area contributed by atoms with Crippen molar-refractivity contribution in [3.63, 3.8) is 0 Å². The lowest BCUT2D eigenvalue weighted by Gasteiger charge is -2.09. The molecular weight excluding hydrogens is 416 g/mol. The zero-order valence-electron chi connectivity index (χ0n) is 16.5. The van der Waals surface area contributed by atoms with E-state index >= 15 is 0 Å². The summed E-state index contributed by atoms with van der Waals surface area (Å²) in [5.41, 5.74) is 4.78. The van der Waals surface area contributed by atoms with Crippen LogP contribution >= 0.6 is 23.3 Å². The average Bonchev–Trinajstić information content (AvgIpc) is 3.45. The van der Waals surface area contributed by atoms with Crippen molar-refractivity contribution in [2.45, 2.75) is 24.9 Å². The van der Waals surface area contributed by atoms with E-state index in [1.807, 2.05) is 46.3 Å². The molecule has 0 atom stereocenters. The molecular formula is C21H20N6OS2. The highest BCUT2D eigenvalue weighted by Gasteiger charge is 2.11. The van der Waals surface area contributed by atoms with Crippen LogP contribution in [0.4, 0.5) is 5.69 Å². The summed E-state index contributed by atoms with van der Waals surface area (Å²) in [6.45, 7) is 4.33. The lowest BCUT2D eigenvalue weighted by Crippen LogP contribution is -2.14. The monoisotopic (exact) mass is 436 g/mol. The van der Waals surface area contributed by atoms with Gasteiger partial charge in [0.25, 0.3) is 0 Å². The van der Waals surface area contributed by atoms with Gasteiger partial charge in [-0.1, -0.05) is 54.4 Å². The maximum atomic E-state index is 12.4. The molecule has 2 aromatic heterocycles.